The second-order valence-corrected chi connectivity index (χ2v) is 8.39. The fourth-order valence-electron chi connectivity index (χ4n) is 4.03. The summed E-state index contributed by atoms with van der Waals surface area (Å²) in [5, 5.41) is 11.7. The standard InChI is InChI=1S/C28H29N3O4/c1-5-35-28(33)19-12-14-22-23(15-19)30-27(32)25(22)26(18-9-7-6-8-10-18)29-21-13-11-20(17-31(2)3)24(16-21)34-4/h6-16,30,32H,5,17H2,1-4H3. The van der Waals surface area contributed by atoms with Gasteiger partial charge in [0.2, 0.25) is 0 Å². The molecule has 2 N–H and O–H groups in total. The van der Waals surface area contributed by atoms with Gasteiger partial charge >= 0.3 is 5.97 Å². The monoisotopic (exact) mass is 471 g/mol. The third-order valence-electron chi connectivity index (χ3n) is 5.57. The molecule has 0 aliphatic rings. The number of rotatable bonds is 8. The maximum atomic E-state index is 12.2. The number of aromatic amines is 1. The molecule has 7 heteroatoms. The predicted molar refractivity (Wildman–Crippen MR) is 138 cm³/mol. The van der Waals surface area contributed by atoms with Gasteiger partial charge in [-0.2, -0.15) is 0 Å². The molecule has 0 spiro atoms. The molecule has 0 atom stereocenters. The Hall–Kier alpha value is -4.10. The van der Waals surface area contributed by atoms with Crippen LogP contribution in [0.15, 0.2) is 71.7 Å². The lowest BCUT2D eigenvalue weighted by atomic mass is 10.00. The van der Waals surface area contributed by atoms with Gasteiger partial charge in [-0.25, -0.2) is 9.79 Å². The van der Waals surface area contributed by atoms with Crippen LogP contribution in [0.5, 0.6) is 11.6 Å². The number of nitrogens with zero attached hydrogens (tertiary/aromatic N) is 2. The molecule has 0 amide bonds. The smallest absolute Gasteiger partial charge is 0.338 e. The number of carbonyl (C=O) groups excluding carboxylic acids is 1. The number of benzene rings is 3. The molecule has 1 aromatic heterocycles. The third-order valence-corrected chi connectivity index (χ3v) is 5.57. The van der Waals surface area contributed by atoms with Crippen LogP contribution in [0.1, 0.15) is 34.0 Å². The van der Waals surface area contributed by atoms with Crippen molar-refractivity contribution in [3.63, 3.8) is 0 Å². The molecule has 0 bridgehead atoms. The highest BCUT2D eigenvalue weighted by molar-refractivity contribution is 6.22. The Morgan fingerprint density at radius 3 is 2.49 bits per heavy atom. The second kappa shape index (κ2) is 10.4. The van der Waals surface area contributed by atoms with Crippen LogP contribution in [0.4, 0.5) is 5.69 Å². The molecule has 35 heavy (non-hydrogen) atoms. The minimum Gasteiger partial charge on any atom is -0.496 e. The molecular weight excluding hydrogens is 442 g/mol. The lowest BCUT2D eigenvalue weighted by Gasteiger charge is -2.14. The van der Waals surface area contributed by atoms with E-state index in [0.29, 0.717) is 34.6 Å². The summed E-state index contributed by atoms with van der Waals surface area (Å²) in [6.45, 7) is 2.80. The summed E-state index contributed by atoms with van der Waals surface area (Å²) in [4.78, 5) is 22.2. The maximum absolute atomic E-state index is 12.2. The molecule has 0 aliphatic carbocycles. The van der Waals surface area contributed by atoms with Crippen molar-refractivity contribution in [2.24, 2.45) is 4.99 Å². The first-order valence-corrected chi connectivity index (χ1v) is 11.4. The lowest BCUT2D eigenvalue weighted by molar-refractivity contribution is 0.0526. The number of aromatic nitrogens is 1. The number of hydrogen-bond acceptors (Lipinski definition) is 6. The summed E-state index contributed by atoms with van der Waals surface area (Å²) >= 11 is 0. The number of aromatic hydroxyl groups is 1. The molecule has 4 aromatic rings. The number of aliphatic imine (C=N–C) groups is 1. The van der Waals surface area contributed by atoms with Crippen molar-refractivity contribution < 1.29 is 19.4 Å². The molecule has 180 valence electrons. The first kappa shape index (κ1) is 24.0. The second-order valence-electron chi connectivity index (χ2n) is 8.39. The van der Waals surface area contributed by atoms with Crippen molar-refractivity contribution >= 4 is 28.3 Å². The van der Waals surface area contributed by atoms with Gasteiger partial charge in [-0.15, -0.1) is 0 Å². The van der Waals surface area contributed by atoms with Gasteiger partial charge in [0, 0.05) is 34.6 Å². The number of fused-ring (bicyclic) bond motifs is 1. The number of carbonyl (C=O) groups is 1. The number of esters is 1. The Kier molecular flexibility index (Phi) is 7.17. The van der Waals surface area contributed by atoms with Crippen LogP contribution in [0, 0.1) is 0 Å². The van der Waals surface area contributed by atoms with Crippen molar-refractivity contribution in [2.75, 3.05) is 27.8 Å². The molecule has 3 aromatic carbocycles. The normalized spacial score (nSPS) is 11.7. The van der Waals surface area contributed by atoms with Crippen LogP contribution in [-0.2, 0) is 11.3 Å². The average Bonchev–Trinajstić information content (AvgIpc) is 3.18. The van der Waals surface area contributed by atoms with Gasteiger partial charge in [0.25, 0.3) is 0 Å². The zero-order valence-electron chi connectivity index (χ0n) is 20.3. The van der Waals surface area contributed by atoms with Crippen molar-refractivity contribution in [2.45, 2.75) is 13.5 Å². The minimum atomic E-state index is -0.410. The maximum Gasteiger partial charge on any atom is 0.338 e. The van der Waals surface area contributed by atoms with Crippen LogP contribution >= 0.6 is 0 Å². The summed E-state index contributed by atoms with van der Waals surface area (Å²) in [5.74, 6) is 0.307. The van der Waals surface area contributed by atoms with Crippen molar-refractivity contribution in [3.05, 3.63) is 89.0 Å². The van der Waals surface area contributed by atoms with E-state index in [4.69, 9.17) is 14.5 Å². The Labute approximate surface area is 204 Å². The zero-order valence-corrected chi connectivity index (χ0v) is 20.3. The molecule has 4 rings (SSSR count). The summed E-state index contributed by atoms with van der Waals surface area (Å²) in [6, 6.07) is 20.7. The molecule has 0 radical (unpaired) electrons. The van der Waals surface area contributed by atoms with Crippen LogP contribution in [0.2, 0.25) is 0 Å². The van der Waals surface area contributed by atoms with E-state index < -0.39 is 5.97 Å². The Morgan fingerprint density at radius 2 is 1.80 bits per heavy atom. The Bertz CT molecular complexity index is 1370. The molecule has 0 fully saturated rings. The minimum absolute atomic E-state index is 0.0280. The van der Waals surface area contributed by atoms with Gasteiger partial charge in [0.15, 0.2) is 5.88 Å². The quantitative estimate of drug-likeness (QED) is 0.269. The fourth-order valence-corrected chi connectivity index (χ4v) is 4.03. The molecule has 0 saturated carbocycles. The number of nitrogens with one attached hydrogen (secondary N) is 1. The summed E-state index contributed by atoms with van der Waals surface area (Å²) in [6.07, 6.45) is 0. The van der Waals surface area contributed by atoms with Crippen LogP contribution in [-0.4, -0.2) is 54.5 Å². The molecule has 0 aliphatic heterocycles. The van der Waals surface area contributed by atoms with Gasteiger partial charge in [-0.1, -0.05) is 42.5 Å². The Morgan fingerprint density at radius 1 is 1.03 bits per heavy atom. The molecule has 1 heterocycles. The number of hydrogen-bond donors (Lipinski definition) is 2. The molecule has 0 saturated heterocycles. The summed E-state index contributed by atoms with van der Waals surface area (Å²) in [7, 11) is 5.66. The van der Waals surface area contributed by atoms with E-state index in [1.165, 1.54) is 0 Å². The largest absolute Gasteiger partial charge is 0.496 e. The van der Waals surface area contributed by atoms with Gasteiger partial charge in [0.05, 0.1) is 36.2 Å². The fraction of sp³-hybridized carbons (Fsp3) is 0.214. The number of methoxy groups -OCH3 is 1. The number of H-pyrrole nitrogens is 1. The van der Waals surface area contributed by atoms with Crippen LogP contribution in [0.25, 0.3) is 10.9 Å². The van der Waals surface area contributed by atoms with E-state index in [-0.39, 0.29) is 5.88 Å². The van der Waals surface area contributed by atoms with E-state index in [1.807, 2.05) is 62.6 Å². The van der Waals surface area contributed by atoms with Crippen LogP contribution in [0.3, 0.4) is 0 Å². The van der Waals surface area contributed by atoms with Gasteiger partial charge in [-0.05, 0) is 39.2 Å². The molecule has 0 unspecified atom stereocenters. The molecular formula is C28H29N3O4. The van der Waals surface area contributed by atoms with Crippen molar-refractivity contribution in [1.82, 2.24) is 9.88 Å². The van der Waals surface area contributed by atoms with Crippen molar-refractivity contribution in [1.29, 1.82) is 0 Å². The van der Waals surface area contributed by atoms with E-state index in [1.54, 1.807) is 32.2 Å². The zero-order chi connectivity index (χ0) is 24.9. The lowest BCUT2D eigenvalue weighted by Crippen LogP contribution is -2.11. The third kappa shape index (κ3) is 5.20. The SMILES string of the molecule is CCOC(=O)c1ccc2c(C(=Nc3ccc(CN(C)C)c(OC)c3)c3ccccc3)c(O)[nH]c2c1. The summed E-state index contributed by atoms with van der Waals surface area (Å²) < 4.78 is 10.7. The van der Waals surface area contributed by atoms with Gasteiger partial charge < -0.3 is 24.5 Å². The molecule has 7 nitrogen and oxygen atoms in total. The van der Waals surface area contributed by atoms with E-state index >= 15 is 0 Å². The first-order chi connectivity index (χ1) is 16.9. The highest BCUT2D eigenvalue weighted by atomic mass is 16.5. The Balaban J connectivity index is 1.87. The highest BCUT2D eigenvalue weighted by Gasteiger charge is 2.20. The van der Waals surface area contributed by atoms with Gasteiger partial charge in [-0.3, -0.25) is 0 Å². The van der Waals surface area contributed by atoms with E-state index in [2.05, 4.69) is 9.88 Å². The average molecular weight is 472 g/mol. The number of ether oxygens (including phenoxy) is 2. The topological polar surface area (TPSA) is 87.2 Å². The van der Waals surface area contributed by atoms with Gasteiger partial charge in [0.1, 0.15) is 5.75 Å². The van der Waals surface area contributed by atoms with Crippen molar-refractivity contribution in [3.8, 4) is 11.6 Å². The van der Waals surface area contributed by atoms with Crippen LogP contribution < -0.4 is 4.74 Å². The van der Waals surface area contributed by atoms with E-state index in [0.717, 1.165) is 28.8 Å². The van der Waals surface area contributed by atoms with E-state index in [9.17, 15) is 9.90 Å². The highest BCUT2D eigenvalue weighted by Crippen LogP contribution is 2.33. The summed E-state index contributed by atoms with van der Waals surface area (Å²) in [5.41, 5.74) is 4.77. The predicted octanol–water partition coefficient (Wildman–Crippen LogP) is 5.29. The first-order valence-electron chi connectivity index (χ1n) is 11.4.